The smallest absolute Gasteiger partial charge is 0.118 e. The van der Waals surface area contributed by atoms with Crippen LogP contribution in [0.5, 0.6) is 5.75 Å². The molecule has 0 bridgehead atoms. The highest BCUT2D eigenvalue weighted by Gasteiger charge is 2.36. The summed E-state index contributed by atoms with van der Waals surface area (Å²) in [4.78, 5) is 7.05. The lowest BCUT2D eigenvalue weighted by Gasteiger charge is -2.29. The minimum atomic E-state index is -0.660. The molecule has 4 rings (SSSR count). The van der Waals surface area contributed by atoms with Crippen LogP contribution < -0.4 is 4.74 Å². The third kappa shape index (κ3) is 6.53. The van der Waals surface area contributed by atoms with E-state index in [9.17, 15) is 5.11 Å². The van der Waals surface area contributed by atoms with Crippen LogP contribution in [-0.2, 0) is 24.4 Å². The maximum Gasteiger partial charge on any atom is 0.118 e. The van der Waals surface area contributed by atoms with E-state index in [0.29, 0.717) is 13.1 Å². The Kier molecular flexibility index (Phi) is 7.81. The normalized spacial score (nSPS) is 22.5. The Balaban J connectivity index is 1.27. The van der Waals surface area contributed by atoms with E-state index in [1.54, 1.807) is 7.11 Å². The number of likely N-dealkylation sites (N-methyl/N-ethyl adjacent to an activating group) is 1. The second-order valence-electron chi connectivity index (χ2n) is 9.41. The fourth-order valence-corrected chi connectivity index (χ4v) is 4.91. The zero-order valence-electron chi connectivity index (χ0n) is 19.5. The van der Waals surface area contributed by atoms with Gasteiger partial charge in [-0.3, -0.25) is 14.7 Å². The highest BCUT2D eigenvalue weighted by Crippen LogP contribution is 2.25. The van der Waals surface area contributed by atoms with E-state index in [1.165, 1.54) is 16.7 Å². The molecule has 2 aliphatic rings. The van der Waals surface area contributed by atoms with Gasteiger partial charge in [-0.15, -0.1) is 0 Å². The number of hydrogen-bond acceptors (Lipinski definition) is 6. The molecule has 2 fully saturated rings. The molecule has 6 nitrogen and oxygen atoms in total. The van der Waals surface area contributed by atoms with E-state index in [1.807, 2.05) is 12.1 Å². The lowest BCUT2D eigenvalue weighted by atomic mass is 10.0. The minimum Gasteiger partial charge on any atom is -0.497 e. The zero-order valence-corrected chi connectivity index (χ0v) is 19.5. The standard InChI is InChI=1S/C26H37N3O3/c1-27(17-22-6-8-25(31-2)9-7-22)20-26(30)10-11-29(21-26)19-24-5-3-4-23(16-24)18-28-12-14-32-15-13-28/h3-9,16,30H,10-15,17-21H2,1-2H3/t26-/m1/s1. The summed E-state index contributed by atoms with van der Waals surface area (Å²) in [5.74, 6) is 0.871. The number of hydrogen-bond donors (Lipinski definition) is 1. The Bertz CT molecular complexity index is 854. The molecule has 6 heteroatoms. The summed E-state index contributed by atoms with van der Waals surface area (Å²) in [5.41, 5.74) is 3.25. The molecule has 2 saturated heterocycles. The second kappa shape index (κ2) is 10.8. The Hall–Kier alpha value is -1.96. The predicted molar refractivity (Wildman–Crippen MR) is 127 cm³/mol. The van der Waals surface area contributed by atoms with Crippen LogP contribution in [-0.4, -0.2) is 85.5 Å². The first-order chi connectivity index (χ1) is 15.5. The zero-order chi connectivity index (χ0) is 22.4. The molecular formula is C26H37N3O3. The monoisotopic (exact) mass is 439 g/mol. The van der Waals surface area contributed by atoms with E-state index in [0.717, 1.165) is 64.7 Å². The molecule has 2 aromatic carbocycles. The van der Waals surface area contributed by atoms with Gasteiger partial charge in [-0.25, -0.2) is 0 Å². The average molecular weight is 440 g/mol. The van der Waals surface area contributed by atoms with Gasteiger partial charge in [-0.05, 0) is 42.3 Å². The minimum absolute atomic E-state index is 0.660. The van der Waals surface area contributed by atoms with Crippen LogP contribution in [0.2, 0.25) is 0 Å². The number of benzene rings is 2. The van der Waals surface area contributed by atoms with Crippen molar-refractivity contribution in [2.45, 2.75) is 31.7 Å². The summed E-state index contributed by atoms with van der Waals surface area (Å²) in [6, 6.07) is 17.1. The maximum atomic E-state index is 11.2. The van der Waals surface area contributed by atoms with Gasteiger partial charge in [0, 0.05) is 52.4 Å². The molecule has 0 spiro atoms. The number of likely N-dealkylation sites (tertiary alicyclic amines) is 1. The first-order valence-electron chi connectivity index (χ1n) is 11.7. The third-order valence-corrected chi connectivity index (χ3v) is 6.49. The number of aliphatic hydroxyl groups is 1. The van der Waals surface area contributed by atoms with Crippen LogP contribution in [0.15, 0.2) is 48.5 Å². The fourth-order valence-electron chi connectivity index (χ4n) is 4.91. The Morgan fingerprint density at radius 3 is 2.34 bits per heavy atom. The summed E-state index contributed by atoms with van der Waals surface area (Å²) in [6.07, 6.45) is 0.813. The summed E-state index contributed by atoms with van der Waals surface area (Å²) in [5, 5.41) is 11.2. The molecule has 1 N–H and O–H groups in total. The fraction of sp³-hybridized carbons (Fsp3) is 0.538. The van der Waals surface area contributed by atoms with Gasteiger partial charge in [0.2, 0.25) is 0 Å². The van der Waals surface area contributed by atoms with Crippen LogP contribution in [0, 0.1) is 0 Å². The van der Waals surface area contributed by atoms with Crippen molar-refractivity contribution in [3.8, 4) is 5.75 Å². The van der Waals surface area contributed by atoms with Crippen LogP contribution in [0.25, 0.3) is 0 Å². The molecule has 2 heterocycles. The number of rotatable bonds is 9. The van der Waals surface area contributed by atoms with Gasteiger partial charge in [0.1, 0.15) is 5.75 Å². The molecule has 0 aromatic heterocycles. The highest BCUT2D eigenvalue weighted by atomic mass is 16.5. The predicted octanol–water partition coefficient (Wildman–Crippen LogP) is 2.60. The van der Waals surface area contributed by atoms with Crippen molar-refractivity contribution < 1.29 is 14.6 Å². The average Bonchev–Trinajstić information content (AvgIpc) is 3.15. The Labute approximate surface area is 192 Å². The topological polar surface area (TPSA) is 48.4 Å². The van der Waals surface area contributed by atoms with Gasteiger partial charge in [-0.1, -0.05) is 36.4 Å². The maximum absolute atomic E-state index is 11.2. The number of methoxy groups -OCH3 is 1. The van der Waals surface area contributed by atoms with E-state index in [-0.39, 0.29) is 0 Å². The quantitative estimate of drug-likeness (QED) is 0.648. The van der Waals surface area contributed by atoms with Crippen molar-refractivity contribution in [1.82, 2.24) is 14.7 Å². The molecule has 2 aromatic rings. The lowest BCUT2D eigenvalue weighted by Crippen LogP contribution is -2.43. The van der Waals surface area contributed by atoms with Gasteiger partial charge < -0.3 is 14.6 Å². The molecular weight excluding hydrogens is 402 g/mol. The molecule has 0 radical (unpaired) electrons. The Morgan fingerprint density at radius 1 is 0.969 bits per heavy atom. The number of ether oxygens (including phenoxy) is 2. The van der Waals surface area contributed by atoms with Crippen LogP contribution in [0.3, 0.4) is 0 Å². The molecule has 1 atom stereocenters. The molecule has 0 saturated carbocycles. The molecule has 32 heavy (non-hydrogen) atoms. The number of β-amino-alcohol motifs (C(OH)–C–C–N with tert-alkyl or cyclic N) is 1. The van der Waals surface area contributed by atoms with Crippen LogP contribution >= 0.6 is 0 Å². The molecule has 174 valence electrons. The highest BCUT2D eigenvalue weighted by molar-refractivity contribution is 5.27. The molecule has 0 amide bonds. The van der Waals surface area contributed by atoms with Gasteiger partial charge in [0.05, 0.1) is 25.9 Å². The van der Waals surface area contributed by atoms with Gasteiger partial charge in [0.15, 0.2) is 0 Å². The van der Waals surface area contributed by atoms with E-state index in [2.05, 4.69) is 58.1 Å². The lowest BCUT2D eigenvalue weighted by molar-refractivity contribution is 0.0162. The largest absolute Gasteiger partial charge is 0.497 e. The van der Waals surface area contributed by atoms with E-state index in [4.69, 9.17) is 9.47 Å². The van der Waals surface area contributed by atoms with E-state index < -0.39 is 5.60 Å². The first kappa shape index (κ1) is 23.2. The summed E-state index contributed by atoms with van der Waals surface area (Å²) in [6.45, 7) is 8.69. The second-order valence-corrected chi connectivity index (χ2v) is 9.41. The first-order valence-corrected chi connectivity index (χ1v) is 11.7. The molecule has 0 unspecified atom stereocenters. The van der Waals surface area contributed by atoms with Gasteiger partial charge in [0.25, 0.3) is 0 Å². The van der Waals surface area contributed by atoms with Gasteiger partial charge in [-0.2, -0.15) is 0 Å². The van der Waals surface area contributed by atoms with Crippen LogP contribution in [0.4, 0.5) is 0 Å². The third-order valence-electron chi connectivity index (χ3n) is 6.49. The van der Waals surface area contributed by atoms with Crippen LogP contribution in [0.1, 0.15) is 23.1 Å². The van der Waals surface area contributed by atoms with Crippen molar-refractivity contribution >= 4 is 0 Å². The van der Waals surface area contributed by atoms with Crippen molar-refractivity contribution in [2.24, 2.45) is 0 Å². The molecule has 0 aliphatic carbocycles. The number of nitrogens with zero attached hydrogens (tertiary/aromatic N) is 3. The van der Waals surface area contributed by atoms with Crippen molar-refractivity contribution in [2.75, 3.05) is 60.1 Å². The summed E-state index contributed by atoms with van der Waals surface area (Å²) >= 11 is 0. The van der Waals surface area contributed by atoms with Crippen molar-refractivity contribution in [3.63, 3.8) is 0 Å². The van der Waals surface area contributed by atoms with Crippen molar-refractivity contribution in [3.05, 3.63) is 65.2 Å². The summed E-state index contributed by atoms with van der Waals surface area (Å²) in [7, 11) is 3.77. The number of morpholine rings is 1. The summed E-state index contributed by atoms with van der Waals surface area (Å²) < 4.78 is 10.7. The van der Waals surface area contributed by atoms with Crippen molar-refractivity contribution in [1.29, 1.82) is 0 Å². The Morgan fingerprint density at radius 2 is 1.66 bits per heavy atom. The van der Waals surface area contributed by atoms with E-state index >= 15 is 0 Å². The molecule has 2 aliphatic heterocycles. The SMILES string of the molecule is COc1ccc(CN(C)C[C@]2(O)CCN(Cc3cccc(CN4CCOCC4)c3)C2)cc1. The van der Waals surface area contributed by atoms with Gasteiger partial charge >= 0.3 is 0 Å².